The number of carboxylic acids is 1. The highest BCUT2D eigenvalue weighted by atomic mass is 16.6. The number of carbonyl (C=O) groups is 8. The molecule has 10 aliphatic rings. The van der Waals surface area contributed by atoms with Crippen molar-refractivity contribution < 1.29 is 101 Å². The lowest BCUT2D eigenvalue weighted by Crippen LogP contribution is -2.36. The molecule has 0 radical (unpaired) electrons. The summed E-state index contributed by atoms with van der Waals surface area (Å²) in [7, 11) is 7.72. The molecule has 1 unspecified atom stereocenters. The number of cyclic esters (lactones) is 4. The zero-order valence-corrected chi connectivity index (χ0v) is 41.4. The lowest BCUT2D eigenvalue weighted by molar-refractivity contribution is -0.162. The number of esters is 7. The van der Waals surface area contributed by atoms with Gasteiger partial charge in [0.2, 0.25) is 0 Å². The first kappa shape index (κ1) is 57.7. The van der Waals surface area contributed by atoms with Crippen molar-refractivity contribution in [2.24, 2.45) is 94.7 Å². The maximum Gasteiger partial charge on any atom is 0.318 e. The molecule has 8 aliphatic carbocycles. The van der Waals surface area contributed by atoms with Gasteiger partial charge in [0.15, 0.2) is 0 Å². The van der Waals surface area contributed by atoms with Crippen molar-refractivity contribution in [1.82, 2.24) is 0 Å². The van der Waals surface area contributed by atoms with Crippen LogP contribution in [0.4, 0.5) is 0 Å². The van der Waals surface area contributed by atoms with Crippen LogP contribution >= 0.6 is 0 Å². The Balaban J connectivity index is 0.000000170. The lowest BCUT2D eigenvalue weighted by atomic mass is 9.83. The number of methoxy groups -OCH3 is 5. The van der Waals surface area contributed by atoms with Crippen molar-refractivity contribution in [3.8, 4) is 0 Å². The summed E-state index contributed by atoms with van der Waals surface area (Å²) < 4.78 is 48.0. The molecule has 0 amide bonds. The second kappa shape index (κ2) is 28.3. The van der Waals surface area contributed by atoms with Gasteiger partial charge in [-0.3, -0.25) is 38.4 Å². The van der Waals surface area contributed by atoms with Crippen LogP contribution in [0.1, 0.15) is 25.7 Å². The number of fused-ring (bicyclic) bond motifs is 14. The van der Waals surface area contributed by atoms with Gasteiger partial charge < -0.3 is 62.7 Å². The monoisotopic (exact) mass is 1020 g/mol. The number of aliphatic carboxylic acids is 1. The summed E-state index contributed by atoms with van der Waals surface area (Å²) >= 11 is 0. The van der Waals surface area contributed by atoms with Gasteiger partial charge in [0.05, 0.1) is 93.6 Å². The van der Waals surface area contributed by atoms with Gasteiger partial charge in [0, 0.05) is 35.5 Å². The normalized spacial score (nSPS) is 33.9. The summed E-state index contributed by atoms with van der Waals surface area (Å²) in [4.78, 5) is 92.2. The van der Waals surface area contributed by atoms with Crippen LogP contribution < -0.4 is 0 Å². The zero-order chi connectivity index (χ0) is 52.5. The zero-order valence-electron chi connectivity index (χ0n) is 41.4. The Morgan fingerprint density at radius 3 is 0.875 bits per heavy atom. The number of allylic oxidation sites excluding steroid dienone is 8. The molecule has 21 heteroatoms. The van der Waals surface area contributed by atoms with Gasteiger partial charge in [-0.25, -0.2) is 0 Å². The quantitative estimate of drug-likeness (QED) is 0.0615. The van der Waals surface area contributed by atoms with Crippen molar-refractivity contribution in [2.45, 2.75) is 25.7 Å². The second-order valence-corrected chi connectivity index (χ2v) is 18.7. The maximum absolute atomic E-state index is 12.2. The number of rotatable bonds is 17. The van der Waals surface area contributed by atoms with Gasteiger partial charge in [-0.05, 0) is 73.0 Å². The molecule has 0 aromatic heterocycles. The average molecular weight is 1020 g/mol. The SMILES string of the molecule is COCCO.COCCO.COCCOC(=O)[C@@H]1[C@H](C(=O)O)[C@H]2C=C[C@@H]1C2.COCCOC(=O)[C@@H]1[C@H](C(=O)OCCOC)[C@H]2C=C[C@@H]1C2.O=C1OC(=O)[C@H]2C1[C@H]1C=C[C@@H]2C1.O=C1OC(=O)[C@H]2[C@@H]1[C@@H]1C=C[C@H]2C1. The van der Waals surface area contributed by atoms with Crippen LogP contribution in [-0.4, -0.2) is 165 Å². The van der Waals surface area contributed by atoms with E-state index in [1.165, 1.54) is 7.11 Å². The van der Waals surface area contributed by atoms with Crippen LogP contribution in [0.2, 0.25) is 0 Å². The fourth-order valence-electron chi connectivity index (χ4n) is 11.5. The third-order valence-electron chi connectivity index (χ3n) is 14.6. The summed E-state index contributed by atoms with van der Waals surface area (Å²) in [5.74, 6) is -4.55. The van der Waals surface area contributed by atoms with Crippen LogP contribution in [-0.2, 0) is 85.7 Å². The van der Waals surface area contributed by atoms with E-state index in [0.717, 1.165) is 25.7 Å². The molecule has 400 valence electrons. The summed E-state index contributed by atoms with van der Waals surface area (Å²) in [5.41, 5.74) is 0. The molecular formula is C51H70O21. The predicted molar refractivity (Wildman–Crippen MR) is 247 cm³/mol. The highest BCUT2D eigenvalue weighted by molar-refractivity contribution is 5.98. The molecular weight excluding hydrogens is 949 g/mol. The number of hydrogen-bond donors (Lipinski definition) is 3. The van der Waals surface area contributed by atoms with E-state index < -0.39 is 35.6 Å². The Morgan fingerprint density at radius 2 is 0.639 bits per heavy atom. The summed E-state index contributed by atoms with van der Waals surface area (Å²) in [6, 6.07) is 0. The molecule has 0 spiro atoms. The minimum absolute atomic E-state index is 0.0162. The third kappa shape index (κ3) is 13.9. The Bertz CT molecular complexity index is 1850. The third-order valence-corrected chi connectivity index (χ3v) is 14.6. The predicted octanol–water partition coefficient (Wildman–Crippen LogP) is 1.77. The second-order valence-electron chi connectivity index (χ2n) is 18.7. The molecule has 16 atom stereocenters. The van der Waals surface area contributed by atoms with Crippen LogP contribution in [0, 0.1) is 94.7 Å². The van der Waals surface area contributed by atoms with E-state index in [1.807, 2.05) is 48.6 Å². The smallest absolute Gasteiger partial charge is 0.318 e. The van der Waals surface area contributed by atoms with Crippen molar-refractivity contribution in [3.63, 3.8) is 0 Å². The molecule has 21 nitrogen and oxygen atoms in total. The fourth-order valence-corrected chi connectivity index (χ4v) is 11.5. The number of carbonyl (C=O) groups excluding carboxylic acids is 7. The summed E-state index contributed by atoms with van der Waals surface area (Å²) in [5, 5.41) is 25.0. The molecule has 6 fully saturated rings. The molecule has 2 aliphatic heterocycles. The van der Waals surface area contributed by atoms with E-state index in [-0.39, 0.29) is 140 Å². The molecule has 0 aromatic rings. The molecule has 0 aromatic carbocycles. The molecule has 8 bridgehead atoms. The topological polar surface area (TPSA) is 290 Å². The van der Waals surface area contributed by atoms with Gasteiger partial charge in [0.25, 0.3) is 0 Å². The lowest BCUT2D eigenvalue weighted by Gasteiger charge is -2.24. The van der Waals surface area contributed by atoms with E-state index in [4.69, 9.17) is 43.7 Å². The highest BCUT2D eigenvalue weighted by Gasteiger charge is 2.59. The molecule has 3 N–H and O–H groups in total. The van der Waals surface area contributed by atoms with Gasteiger partial charge in [-0.1, -0.05) is 48.6 Å². The molecule has 4 saturated carbocycles. The van der Waals surface area contributed by atoms with Crippen LogP contribution in [0.5, 0.6) is 0 Å². The number of aliphatic hydroxyl groups excluding tert-OH is 2. The standard InChI is InChI=1S/C15H22O6.C12H16O5.2C9H8O3.2C3H8O2/c1-18-5-7-20-14(16)12-10-3-4-11(9-10)13(12)15(17)21-8-6-19-2;1-16-4-5-17-12(15)10-8-3-2-7(6-8)9(10)11(13)14;2*10-8-6-4-1-2-5(3-4)7(6)9(11)12-8;2*1-5-3-2-4/h3-4,10-13H,5-9H2,1-2H3;2-3,7-10H,4-6H2,1H3,(H,13,14);2*1-2,4-7H,3H2;2*4H,2-3H2,1H3/t10-,11+,12+,13-;7-,8+,9+,10-;4-,5+,6+,7-;4-,5+,6-,7?;;/m.0.1../s1. The van der Waals surface area contributed by atoms with Gasteiger partial charge in [-0.2, -0.15) is 0 Å². The maximum atomic E-state index is 12.2. The van der Waals surface area contributed by atoms with E-state index in [0.29, 0.717) is 33.0 Å². The molecule has 72 heavy (non-hydrogen) atoms. The van der Waals surface area contributed by atoms with Crippen molar-refractivity contribution >= 4 is 47.8 Å². The van der Waals surface area contributed by atoms with Gasteiger partial charge in [0.1, 0.15) is 19.8 Å². The Kier molecular flexibility index (Phi) is 22.7. The first-order valence-electron chi connectivity index (χ1n) is 24.3. The van der Waals surface area contributed by atoms with Crippen LogP contribution in [0.3, 0.4) is 0 Å². The van der Waals surface area contributed by atoms with E-state index >= 15 is 0 Å². The van der Waals surface area contributed by atoms with Crippen molar-refractivity contribution in [1.29, 1.82) is 0 Å². The molecule has 2 heterocycles. The highest BCUT2D eigenvalue weighted by Crippen LogP contribution is 2.53. The van der Waals surface area contributed by atoms with Crippen LogP contribution in [0.15, 0.2) is 48.6 Å². The minimum atomic E-state index is -0.907. The minimum Gasteiger partial charge on any atom is -0.481 e. The first-order valence-corrected chi connectivity index (χ1v) is 24.3. The number of aliphatic hydroxyl groups is 2. The van der Waals surface area contributed by atoms with Gasteiger partial charge >= 0.3 is 47.8 Å². The number of carboxylic acid groups (broad SMARTS) is 1. The van der Waals surface area contributed by atoms with E-state index in [9.17, 15) is 38.4 Å². The molecule has 2 saturated heterocycles. The first-order chi connectivity index (χ1) is 34.7. The van der Waals surface area contributed by atoms with E-state index in [2.05, 4.69) is 18.9 Å². The summed E-state index contributed by atoms with van der Waals surface area (Å²) in [6.45, 7) is 2.76. The Morgan fingerprint density at radius 1 is 0.403 bits per heavy atom. The van der Waals surface area contributed by atoms with Gasteiger partial charge in [-0.15, -0.1) is 0 Å². The van der Waals surface area contributed by atoms with E-state index in [1.54, 1.807) is 28.4 Å². The Labute approximate surface area is 418 Å². The average Bonchev–Trinajstić information content (AvgIpc) is 4.23. The van der Waals surface area contributed by atoms with Crippen molar-refractivity contribution in [3.05, 3.63) is 48.6 Å². The number of ether oxygens (including phenoxy) is 10. The number of hydrogen-bond acceptors (Lipinski definition) is 20. The Hall–Kier alpha value is -5.16. The largest absolute Gasteiger partial charge is 0.481 e. The fraction of sp³-hybridized carbons (Fsp3) is 0.686. The summed E-state index contributed by atoms with van der Waals surface area (Å²) in [6.07, 6.45) is 19.5. The van der Waals surface area contributed by atoms with Crippen LogP contribution in [0.25, 0.3) is 0 Å². The molecule has 10 rings (SSSR count). The van der Waals surface area contributed by atoms with Crippen molar-refractivity contribution in [2.75, 3.05) is 102 Å².